The zero-order chi connectivity index (χ0) is 9.90. The van der Waals surface area contributed by atoms with Crippen LogP contribution < -0.4 is 0 Å². The predicted octanol–water partition coefficient (Wildman–Crippen LogP) is 1.96. The van der Waals surface area contributed by atoms with Crippen LogP contribution >= 0.6 is 0 Å². The minimum atomic E-state index is -1.31. The summed E-state index contributed by atoms with van der Waals surface area (Å²) in [5.74, 6) is -1.85. The van der Waals surface area contributed by atoms with Crippen molar-refractivity contribution in [3.8, 4) is 0 Å². The second kappa shape index (κ2) is 3.90. The lowest BCUT2D eigenvalue weighted by Crippen LogP contribution is -2.10. The molecule has 0 aliphatic rings. The quantitative estimate of drug-likeness (QED) is 0.626. The second-order valence-corrected chi connectivity index (χ2v) is 2.48. The van der Waals surface area contributed by atoms with Crippen LogP contribution in [0.2, 0.25) is 0 Å². The van der Waals surface area contributed by atoms with Crippen LogP contribution in [0, 0.1) is 0 Å². The first-order valence-electron chi connectivity index (χ1n) is 4.23. The first-order valence-corrected chi connectivity index (χ1v) is 3.73. The van der Waals surface area contributed by atoms with Crippen molar-refractivity contribution >= 4 is 5.97 Å². The Morgan fingerprint density at radius 1 is 1.50 bits per heavy atom. The number of ether oxygens (including phenoxy) is 1. The van der Waals surface area contributed by atoms with Crippen LogP contribution in [0.15, 0.2) is 30.3 Å². The Kier molecular flexibility index (Phi) is 2.39. The van der Waals surface area contributed by atoms with Crippen molar-refractivity contribution in [2.45, 2.75) is 12.8 Å². The number of benzene rings is 1. The molecule has 0 aliphatic carbocycles. The maximum atomic E-state index is 11.2. The van der Waals surface area contributed by atoms with Crippen LogP contribution in [-0.2, 0) is 9.53 Å². The summed E-state index contributed by atoms with van der Waals surface area (Å²) in [6.45, 7) is 1.52. The summed E-state index contributed by atoms with van der Waals surface area (Å²) in [5, 5.41) is 0. The van der Waals surface area contributed by atoms with Gasteiger partial charge >= 0.3 is 5.97 Å². The summed E-state index contributed by atoms with van der Waals surface area (Å²) in [4.78, 5) is 11.2. The van der Waals surface area contributed by atoms with E-state index >= 15 is 0 Å². The molecule has 12 heavy (non-hydrogen) atoms. The van der Waals surface area contributed by atoms with Gasteiger partial charge in [-0.15, -0.1) is 0 Å². The van der Waals surface area contributed by atoms with Gasteiger partial charge in [0.05, 0.1) is 13.0 Å². The third kappa shape index (κ3) is 1.84. The fourth-order valence-corrected chi connectivity index (χ4v) is 0.959. The van der Waals surface area contributed by atoms with E-state index in [4.69, 9.17) is 1.37 Å². The molecule has 1 unspecified atom stereocenters. The minimum Gasteiger partial charge on any atom is -0.469 e. The zero-order valence-corrected chi connectivity index (χ0v) is 7.20. The van der Waals surface area contributed by atoms with Gasteiger partial charge in [0, 0.05) is 1.37 Å². The van der Waals surface area contributed by atoms with E-state index in [2.05, 4.69) is 4.74 Å². The Labute approximate surface area is 73.6 Å². The van der Waals surface area contributed by atoms with Crippen LogP contribution in [-0.4, -0.2) is 13.1 Å². The summed E-state index contributed by atoms with van der Waals surface area (Å²) in [6, 6.07) is 8.92. The maximum absolute atomic E-state index is 11.2. The standard InChI is InChI=1S/C10H12O2/c1-8(10(11)12-2)9-6-4-3-5-7-9/h3-8H,1-2H3/i8D. The highest BCUT2D eigenvalue weighted by atomic mass is 16.5. The normalized spacial score (nSPS) is 16.0. The first kappa shape index (κ1) is 7.35. The van der Waals surface area contributed by atoms with Crippen LogP contribution in [0.4, 0.5) is 0 Å². The van der Waals surface area contributed by atoms with E-state index in [1.807, 2.05) is 6.07 Å². The van der Waals surface area contributed by atoms with Crippen molar-refractivity contribution in [2.24, 2.45) is 0 Å². The highest BCUT2D eigenvalue weighted by Crippen LogP contribution is 2.15. The molecule has 1 atom stereocenters. The fraction of sp³-hybridized carbons (Fsp3) is 0.300. The Bertz CT molecular complexity index is 293. The van der Waals surface area contributed by atoms with Crippen LogP contribution in [0.1, 0.15) is 19.8 Å². The summed E-state index contributed by atoms with van der Waals surface area (Å²) in [6.07, 6.45) is 0. The average Bonchev–Trinajstić information content (AvgIpc) is 2.18. The van der Waals surface area contributed by atoms with E-state index in [-0.39, 0.29) is 0 Å². The minimum absolute atomic E-state index is 0.543. The summed E-state index contributed by atoms with van der Waals surface area (Å²) in [7, 11) is 1.29. The SMILES string of the molecule is [2H]C(C)(C(=O)OC)c1ccccc1. The topological polar surface area (TPSA) is 26.3 Å². The molecule has 0 aromatic heterocycles. The van der Waals surface area contributed by atoms with Gasteiger partial charge < -0.3 is 4.74 Å². The number of carbonyl (C=O) groups is 1. The van der Waals surface area contributed by atoms with Gasteiger partial charge in [-0.1, -0.05) is 30.3 Å². The lowest BCUT2D eigenvalue weighted by atomic mass is 10.0. The Morgan fingerprint density at radius 3 is 2.58 bits per heavy atom. The molecule has 1 aromatic rings. The van der Waals surface area contributed by atoms with E-state index < -0.39 is 11.9 Å². The van der Waals surface area contributed by atoms with Gasteiger partial charge in [-0.3, -0.25) is 4.79 Å². The van der Waals surface area contributed by atoms with E-state index in [1.165, 1.54) is 14.0 Å². The predicted molar refractivity (Wildman–Crippen MR) is 46.9 cm³/mol. The number of methoxy groups -OCH3 is 1. The fourth-order valence-electron chi connectivity index (χ4n) is 0.959. The molecule has 1 aromatic carbocycles. The maximum Gasteiger partial charge on any atom is 0.312 e. The Hall–Kier alpha value is -1.31. The Balaban J connectivity index is 3.00. The molecule has 0 heterocycles. The third-order valence-electron chi connectivity index (χ3n) is 1.70. The lowest BCUT2D eigenvalue weighted by molar-refractivity contribution is -0.141. The van der Waals surface area contributed by atoms with E-state index in [1.54, 1.807) is 24.3 Å². The monoisotopic (exact) mass is 165 g/mol. The number of hydrogen-bond acceptors (Lipinski definition) is 2. The second-order valence-electron chi connectivity index (χ2n) is 2.48. The van der Waals surface area contributed by atoms with E-state index in [0.717, 1.165) is 0 Å². The lowest BCUT2D eigenvalue weighted by Gasteiger charge is -2.08. The van der Waals surface area contributed by atoms with Crippen LogP contribution in [0.5, 0.6) is 0 Å². The molecular formula is C10H12O2. The van der Waals surface area contributed by atoms with E-state index in [9.17, 15) is 4.79 Å². The number of esters is 1. The molecular weight excluding hydrogens is 152 g/mol. The van der Waals surface area contributed by atoms with Crippen molar-refractivity contribution in [1.82, 2.24) is 0 Å². The Morgan fingerprint density at radius 2 is 2.08 bits per heavy atom. The van der Waals surface area contributed by atoms with Crippen LogP contribution in [0.3, 0.4) is 0 Å². The summed E-state index contributed by atoms with van der Waals surface area (Å²) >= 11 is 0. The largest absolute Gasteiger partial charge is 0.469 e. The van der Waals surface area contributed by atoms with Crippen molar-refractivity contribution in [3.05, 3.63) is 35.9 Å². The molecule has 0 N–H and O–H groups in total. The molecule has 0 spiro atoms. The molecule has 1 rings (SSSR count). The number of rotatable bonds is 2. The van der Waals surface area contributed by atoms with Gasteiger partial charge in [0.1, 0.15) is 0 Å². The van der Waals surface area contributed by atoms with Crippen molar-refractivity contribution in [1.29, 1.82) is 0 Å². The van der Waals surface area contributed by atoms with Crippen molar-refractivity contribution < 1.29 is 10.9 Å². The molecule has 0 radical (unpaired) electrons. The van der Waals surface area contributed by atoms with Gasteiger partial charge in [0.15, 0.2) is 0 Å². The number of carbonyl (C=O) groups excluding carboxylic acids is 1. The van der Waals surface area contributed by atoms with Crippen LogP contribution in [0.25, 0.3) is 0 Å². The summed E-state index contributed by atoms with van der Waals surface area (Å²) in [5.41, 5.74) is 0.641. The molecule has 0 amide bonds. The van der Waals surface area contributed by atoms with Crippen molar-refractivity contribution in [3.63, 3.8) is 0 Å². The highest BCUT2D eigenvalue weighted by molar-refractivity contribution is 5.77. The van der Waals surface area contributed by atoms with Crippen molar-refractivity contribution in [2.75, 3.05) is 7.11 Å². The molecule has 0 saturated heterocycles. The number of hydrogen-bond donors (Lipinski definition) is 0. The zero-order valence-electron chi connectivity index (χ0n) is 8.20. The third-order valence-corrected chi connectivity index (χ3v) is 1.70. The molecule has 2 nitrogen and oxygen atoms in total. The van der Waals surface area contributed by atoms with E-state index in [0.29, 0.717) is 5.56 Å². The molecule has 0 aliphatic heterocycles. The highest BCUT2D eigenvalue weighted by Gasteiger charge is 2.14. The van der Waals surface area contributed by atoms with Gasteiger partial charge in [0.2, 0.25) is 0 Å². The molecule has 0 fully saturated rings. The van der Waals surface area contributed by atoms with Gasteiger partial charge in [-0.25, -0.2) is 0 Å². The average molecular weight is 165 g/mol. The molecule has 2 heteroatoms. The van der Waals surface area contributed by atoms with Gasteiger partial charge in [-0.2, -0.15) is 0 Å². The van der Waals surface area contributed by atoms with Gasteiger partial charge in [-0.05, 0) is 12.5 Å². The smallest absolute Gasteiger partial charge is 0.312 e. The molecule has 0 bridgehead atoms. The first-order chi connectivity index (χ1) is 6.09. The summed E-state index contributed by atoms with van der Waals surface area (Å²) < 4.78 is 12.3. The molecule has 64 valence electrons. The molecule has 0 saturated carbocycles. The van der Waals surface area contributed by atoms with Gasteiger partial charge in [0.25, 0.3) is 0 Å².